The molecule has 0 aliphatic carbocycles. The highest BCUT2D eigenvalue weighted by atomic mass is 16.5. The molecular weight excluding hydrogens is 318 g/mol. The van der Waals surface area contributed by atoms with Crippen LogP contribution in [0.4, 0.5) is 5.95 Å². The molecule has 3 rings (SSSR count). The predicted molar refractivity (Wildman–Crippen MR) is 96.1 cm³/mol. The Hall–Kier alpha value is -2.34. The van der Waals surface area contributed by atoms with Gasteiger partial charge in [0.05, 0.1) is 13.7 Å². The summed E-state index contributed by atoms with van der Waals surface area (Å²) < 4.78 is 11.0. The van der Waals surface area contributed by atoms with E-state index in [0.29, 0.717) is 18.4 Å². The molecule has 1 saturated heterocycles. The zero-order valence-electron chi connectivity index (χ0n) is 14.6. The molecule has 0 unspecified atom stereocenters. The van der Waals surface area contributed by atoms with Crippen molar-refractivity contribution in [3.63, 3.8) is 0 Å². The van der Waals surface area contributed by atoms with Crippen LogP contribution >= 0.6 is 0 Å². The van der Waals surface area contributed by atoms with Gasteiger partial charge in [0.15, 0.2) is 0 Å². The van der Waals surface area contributed by atoms with E-state index in [1.165, 1.54) is 0 Å². The summed E-state index contributed by atoms with van der Waals surface area (Å²) in [5.41, 5.74) is -0.0931. The van der Waals surface area contributed by atoms with Crippen molar-refractivity contribution in [1.82, 2.24) is 9.97 Å². The van der Waals surface area contributed by atoms with Gasteiger partial charge in [0.25, 0.3) is 0 Å². The molecule has 1 aliphatic rings. The van der Waals surface area contributed by atoms with E-state index in [4.69, 9.17) is 9.47 Å². The molecule has 134 valence electrons. The maximum Gasteiger partial charge on any atom is 0.228 e. The Kier molecular flexibility index (Phi) is 5.71. The zero-order valence-corrected chi connectivity index (χ0v) is 14.6. The largest absolute Gasteiger partial charge is 0.494 e. The lowest BCUT2D eigenvalue weighted by Gasteiger charge is -2.40. The fourth-order valence-corrected chi connectivity index (χ4v) is 3.17. The molecule has 0 atom stereocenters. The molecule has 1 aliphatic heterocycles. The van der Waals surface area contributed by atoms with Crippen molar-refractivity contribution in [2.45, 2.75) is 19.3 Å². The first-order chi connectivity index (χ1) is 12.2. The smallest absolute Gasteiger partial charge is 0.228 e. The number of rotatable bonds is 7. The lowest BCUT2D eigenvalue weighted by Crippen LogP contribution is -2.43. The van der Waals surface area contributed by atoms with Gasteiger partial charge < -0.3 is 19.5 Å². The van der Waals surface area contributed by atoms with E-state index in [2.05, 4.69) is 14.9 Å². The minimum Gasteiger partial charge on any atom is -0.494 e. The standard InChI is InChI=1S/C19H25N3O3/c1-24-17-7-11-20-18(21-17)22-12-8-19(15-23,9-13-22)10-14-25-16-5-3-2-4-6-16/h2-7,11,23H,8-10,12-15H2,1H3. The van der Waals surface area contributed by atoms with Crippen molar-refractivity contribution in [2.24, 2.45) is 5.41 Å². The quantitative estimate of drug-likeness (QED) is 0.833. The van der Waals surface area contributed by atoms with Gasteiger partial charge in [0, 0.05) is 37.4 Å². The molecule has 6 nitrogen and oxygen atoms in total. The number of hydrogen-bond donors (Lipinski definition) is 1. The topological polar surface area (TPSA) is 67.7 Å². The van der Waals surface area contributed by atoms with Crippen LogP contribution in [-0.4, -0.2) is 48.5 Å². The van der Waals surface area contributed by atoms with Crippen molar-refractivity contribution in [1.29, 1.82) is 0 Å². The van der Waals surface area contributed by atoms with Gasteiger partial charge in [-0.15, -0.1) is 0 Å². The van der Waals surface area contributed by atoms with Crippen molar-refractivity contribution >= 4 is 5.95 Å². The van der Waals surface area contributed by atoms with Gasteiger partial charge >= 0.3 is 0 Å². The Morgan fingerprint density at radius 3 is 2.60 bits per heavy atom. The van der Waals surface area contributed by atoms with E-state index in [1.807, 2.05) is 30.3 Å². The van der Waals surface area contributed by atoms with Crippen molar-refractivity contribution < 1.29 is 14.6 Å². The third-order valence-electron chi connectivity index (χ3n) is 4.91. The van der Waals surface area contributed by atoms with E-state index in [1.54, 1.807) is 19.4 Å². The molecule has 0 saturated carbocycles. The zero-order chi connectivity index (χ0) is 17.5. The number of nitrogens with zero attached hydrogens (tertiary/aromatic N) is 3. The molecule has 2 aromatic rings. The summed E-state index contributed by atoms with van der Waals surface area (Å²) in [7, 11) is 1.60. The Labute approximate surface area is 148 Å². The van der Waals surface area contributed by atoms with Crippen LogP contribution in [0.15, 0.2) is 42.6 Å². The van der Waals surface area contributed by atoms with Crippen LogP contribution < -0.4 is 14.4 Å². The lowest BCUT2D eigenvalue weighted by molar-refractivity contribution is 0.0706. The molecule has 0 radical (unpaired) electrons. The molecule has 1 aromatic carbocycles. The predicted octanol–water partition coefficient (Wildman–Crippen LogP) is 2.53. The van der Waals surface area contributed by atoms with Gasteiger partial charge in [-0.2, -0.15) is 4.98 Å². The highest BCUT2D eigenvalue weighted by Crippen LogP contribution is 2.35. The monoisotopic (exact) mass is 343 g/mol. The van der Waals surface area contributed by atoms with Crippen LogP contribution in [0.25, 0.3) is 0 Å². The molecule has 25 heavy (non-hydrogen) atoms. The molecule has 0 amide bonds. The summed E-state index contributed by atoms with van der Waals surface area (Å²) in [5.74, 6) is 2.13. The SMILES string of the molecule is COc1ccnc(N2CCC(CO)(CCOc3ccccc3)CC2)n1. The maximum absolute atomic E-state index is 9.95. The Morgan fingerprint density at radius 1 is 1.16 bits per heavy atom. The third-order valence-corrected chi connectivity index (χ3v) is 4.91. The van der Waals surface area contributed by atoms with Crippen LogP contribution in [0.5, 0.6) is 11.6 Å². The first-order valence-electron chi connectivity index (χ1n) is 8.65. The summed E-state index contributed by atoms with van der Waals surface area (Å²) in [5, 5.41) is 9.95. The number of aliphatic hydroxyl groups excluding tert-OH is 1. The summed E-state index contributed by atoms with van der Waals surface area (Å²) >= 11 is 0. The van der Waals surface area contributed by atoms with Crippen molar-refractivity contribution in [3.05, 3.63) is 42.6 Å². The lowest BCUT2D eigenvalue weighted by atomic mass is 9.76. The number of para-hydroxylation sites is 1. The Morgan fingerprint density at radius 2 is 1.92 bits per heavy atom. The second-order valence-corrected chi connectivity index (χ2v) is 6.46. The number of hydrogen-bond acceptors (Lipinski definition) is 6. The van der Waals surface area contributed by atoms with Crippen LogP contribution in [0.2, 0.25) is 0 Å². The highest BCUT2D eigenvalue weighted by Gasteiger charge is 2.34. The van der Waals surface area contributed by atoms with Gasteiger partial charge in [-0.25, -0.2) is 4.98 Å². The highest BCUT2D eigenvalue weighted by molar-refractivity contribution is 5.32. The molecule has 0 bridgehead atoms. The fraction of sp³-hybridized carbons (Fsp3) is 0.474. The van der Waals surface area contributed by atoms with Crippen molar-refractivity contribution in [3.8, 4) is 11.6 Å². The Bertz CT molecular complexity index is 658. The van der Waals surface area contributed by atoms with E-state index in [-0.39, 0.29) is 12.0 Å². The molecule has 0 spiro atoms. The first-order valence-corrected chi connectivity index (χ1v) is 8.65. The summed E-state index contributed by atoms with van der Waals surface area (Å²) in [6.45, 7) is 2.43. The van der Waals surface area contributed by atoms with Crippen LogP contribution in [0.1, 0.15) is 19.3 Å². The summed E-state index contributed by atoms with van der Waals surface area (Å²) in [6, 6.07) is 11.5. The molecule has 6 heteroatoms. The third kappa shape index (κ3) is 4.39. The normalized spacial score (nSPS) is 16.5. The van der Waals surface area contributed by atoms with Crippen LogP contribution in [0.3, 0.4) is 0 Å². The van der Waals surface area contributed by atoms with E-state index < -0.39 is 0 Å². The number of aromatic nitrogens is 2. The summed E-state index contributed by atoms with van der Waals surface area (Å²) in [6.07, 6.45) is 4.33. The number of benzene rings is 1. The fourth-order valence-electron chi connectivity index (χ4n) is 3.17. The second kappa shape index (κ2) is 8.16. The van der Waals surface area contributed by atoms with E-state index in [9.17, 15) is 5.11 Å². The first kappa shape index (κ1) is 17.5. The van der Waals surface area contributed by atoms with Crippen LogP contribution in [0, 0.1) is 5.41 Å². The number of aliphatic hydroxyl groups is 1. The van der Waals surface area contributed by atoms with Crippen LogP contribution in [-0.2, 0) is 0 Å². The molecule has 2 heterocycles. The minimum absolute atomic E-state index is 0.0931. The van der Waals surface area contributed by atoms with E-state index >= 15 is 0 Å². The van der Waals surface area contributed by atoms with Gasteiger partial charge in [0.1, 0.15) is 5.75 Å². The average Bonchev–Trinajstić information content (AvgIpc) is 2.69. The number of ether oxygens (including phenoxy) is 2. The molecule has 1 N–H and O–H groups in total. The average molecular weight is 343 g/mol. The summed E-state index contributed by atoms with van der Waals surface area (Å²) in [4.78, 5) is 10.9. The second-order valence-electron chi connectivity index (χ2n) is 6.46. The van der Waals surface area contributed by atoms with Gasteiger partial charge in [-0.05, 0) is 31.4 Å². The van der Waals surface area contributed by atoms with Crippen molar-refractivity contribution in [2.75, 3.05) is 38.3 Å². The number of anilines is 1. The molecular formula is C19H25N3O3. The van der Waals surface area contributed by atoms with E-state index in [0.717, 1.165) is 38.1 Å². The Balaban J connectivity index is 1.54. The molecule has 1 fully saturated rings. The molecule has 1 aromatic heterocycles. The number of piperidine rings is 1. The minimum atomic E-state index is -0.0931. The van der Waals surface area contributed by atoms with Gasteiger partial charge in [-0.1, -0.05) is 18.2 Å². The van der Waals surface area contributed by atoms with Gasteiger partial charge in [-0.3, -0.25) is 0 Å². The number of methoxy groups -OCH3 is 1. The van der Waals surface area contributed by atoms with Gasteiger partial charge in [0.2, 0.25) is 11.8 Å². The maximum atomic E-state index is 9.95.